The van der Waals surface area contributed by atoms with Gasteiger partial charge < -0.3 is 9.64 Å². The quantitative estimate of drug-likeness (QED) is 0.741. The molecule has 17 heavy (non-hydrogen) atoms. The second-order valence-electron chi connectivity index (χ2n) is 6.06. The van der Waals surface area contributed by atoms with Crippen LogP contribution in [0.4, 0.5) is 0 Å². The van der Waals surface area contributed by atoms with Gasteiger partial charge >= 0.3 is 0 Å². The fourth-order valence-electron chi connectivity index (χ4n) is 3.28. The fraction of sp³-hybridized carbons (Fsp3) is 0.929. The van der Waals surface area contributed by atoms with Gasteiger partial charge in [-0.3, -0.25) is 4.79 Å². The summed E-state index contributed by atoms with van der Waals surface area (Å²) in [6, 6.07) is 0. The number of ether oxygens (including phenoxy) is 1. The topological polar surface area (TPSA) is 29.5 Å². The number of carbonyl (C=O) groups is 1. The largest absolute Gasteiger partial charge is 0.379 e. The summed E-state index contributed by atoms with van der Waals surface area (Å²) < 4.78 is 5.49. The smallest absolute Gasteiger partial charge is 0.228 e. The van der Waals surface area contributed by atoms with E-state index < -0.39 is 0 Å². The normalized spacial score (nSPS) is 32.8. The predicted molar refractivity (Wildman–Crippen MR) is 67.7 cm³/mol. The Balaban J connectivity index is 2.00. The zero-order valence-electron chi connectivity index (χ0n) is 11.4. The van der Waals surface area contributed by atoms with Crippen molar-refractivity contribution in [1.29, 1.82) is 0 Å². The molecule has 0 bridgehead atoms. The Morgan fingerprint density at radius 3 is 2.59 bits per heavy atom. The van der Waals surface area contributed by atoms with Gasteiger partial charge in [-0.05, 0) is 25.2 Å². The predicted octanol–water partition coefficient (Wildman–Crippen LogP) is 2.45. The van der Waals surface area contributed by atoms with E-state index in [1.54, 1.807) is 7.11 Å². The molecule has 1 saturated heterocycles. The third-order valence-corrected chi connectivity index (χ3v) is 4.70. The highest BCUT2D eigenvalue weighted by Crippen LogP contribution is 2.39. The summed E-state index contributed by atoms with van der Waals surface area (Å²) in [6.07, 6.45) is 5.84. The highest BCUT2D eigenvalue weighted by Gasteiger charge is 2.41. The van der Waals surface area contributed by atoms with Gasteiger partial charge in [-0.25, -0.2) is 0 Å². The molecule has 0 spiro atoms. The van der Waals surface area contributed by atoms with Crippen LogP contribution in [0.25, 0.3) is 0 Å². The Morgan fingerprint density at radius 2 is 2.00 bits per heavy atom. The van der Waals surface area contributed by atoms with Gasteiger partial charge in [0.15, 0.2) is 0 Å². The first-order valence-corrected chi connectivity index (χ1v) is 6.89. The van der Waals surface area contributed by atoms with Crippen molar-refractivity contribution >= 4 is 5.91 Å². The second kappa shape index (κ2) is 4.97. The molecule has 0 radical (unpaired) electrons. The maximum atomic E-state index is 12.6. The molecule has 3 nitrogen and oxygen atoms in total. The van der Waals surface area contributed by atoms with Crippen LogP contribution in [0.2, 0.25) is 0 Å². The molecular formula is C14H25NO2. The van der Waals surface area contributed by atoms with Crippen LogP contribution in [0.5, 0.6) is 0 Å². The summed E-state index contributed by atoms with van der Waals surface area (Å²) in [4.78, 5) is 14.6. The van der Waals surface area contributed by atoms with Crippen molar-refractivity contribution in [3.8, 4) is 0 Å². The van der Waals surface area contributed by atoms with E-state index in [9.17, 15) is 4.79 Å². The summed E-state index contributed by atoms with van der Waals surface area (Å²) >= 11 is 0. The molecule has 98 valence electrons. The van der Waals surface area contributed by atoms with E-state index in [1.807, 2.05) is 4.90 Å². The molecular weight excluding hydrogens is 214 g/mol. The molecule has 2 atom stereocenters. The van der Waals surface area contributed by atoms with Gasteiger partial charge in [0.1, 0.15) is 0 Å². The third-order valence-electron chi connectivity index (χ3n) is 4.70. The summed E-state index contributed by atoms with van der Waals surface area (Å²) in [5.74, 6) is 0.935. The second-order valence-corrected chi connectivity index (χ2v) is 6.06. The van der Waals surface area contributed by atoms with E-state index in [-0.39, 0.29) is 11.5 Å². The first-order chi connectivity index (χ1) is 8.07. The summed E-state index contributed by atoms with van der Waals surface area (Å²) in [7, 11) is 1.76. The lowest BCUT2D eigenvalue weighted by molar-refractivity contribution is -0.146. The minimum atomic E-state index is -0.0845. The zero-order valence-corrected chi connectivity index (χ0v) is 11.4. The Labute approximate surface area is 105 Å². The van der Waals surface area contributed by atoms with Crippen molar-refractivity contribution < 1.29 is 9.53 Å². The van der Waals surface area contributed by atoms with Crippen LogP contribution in [-0.2, 0) is 9.53 Å². The van der Waals surface area contributed by atoms with E-state index in [0.717, 1.165) is 32.4 Å². The lowest BCUT2D eigenvalue weighted by Gasteiger charge is -2.39. The fourth-order valence-corrected chi connectivity index (χ4v) is 3.28. The van der Waals surface area contributed by atoms with E-state index in [4.69, 9.17) is 4.74 Å². The number of methoxy groups -OCH3 is 1. The van der Waals surface area contributed by atoms with Gasteiger partial charge in [-0.2, -0.15) is 0 Å². The van der Waals surface area contributed by atoms with Crippen molar-refractivity contribution in [3.05, 3.63) is 0 Å². The van der Waals surface area contributed by atoms with E-state index in [0.29, 0.717) is 11.8 Å². The molecule has 1 heterocycles. The first-order valence-electron chi connectivity index (χ1n) is 6.89. The van der Waals surface area contributed by atoms with Crippen LogP contribution >= 0.6 is 0 Å². The molecule has 2 rings (SSSR count). The number of likely N-dealkylation sites (tertiary alicyclic amines) is 1. The van der Waals surface area contributed by atoms with Crippen LogP contribution < -0.4 is 0 Å². The number of amides is 1. The molecule has 1 aliphatic heterocycles. The highest BCUT2D eigenvalue weighted by atomic mass is 16.5. The van der Waals surface area contributed by atoms with Crippen LogP contribution in [0.3, 0.4) is 0 Å². The van der Waals surface area contributed by atoms with Crippen molar-refractivity contribution in [2.75, 3.05) is 20.2 Å². The first kappa shape index (κ1) is 12.9. The monoisotopic (exact) mass is 239 g/mol. The molecule has 2 fully saturated rings. The molecule has 0 aromatic rings. The molecule has 1 aliphatic carbocycles. The Hall–Kier alpha value is -0.570. The molecule has 0 aromatic heterocycles. The average molecular weight is 239 g/mol. The standard InChI is InChI=1S/C14H25NO2/c1-11-6-9-15(10-12(11)17-3)13(16)14(2)7-4-5-8-14/h11-12H,4-10H2,1-3H3. The Morgan fingerprint density at radius 1 is 1.35 bits per heavy atom. The number of carbonyl (C=O) groups excluding carboxylic acids is 1. The van der Waals surface area contributed by atoms with Crippen molar-refractivity contribution in [1.82, 2.24) is 4.90 Å². The Kier molecular flexibility index (Phi) is 3.76. The van der Waals surface area contributed by atoms with Crippen molar-refractivity contribution in [3.63, 3.8) is 0 Å². The highest BCUT2D eigenvalue weighted by molar-refractivity contribution is 5.82. The Bertz CT molecular complexity index is 284. The zero-order chi connectivity index (χ0) is 12.5. The summed E-state index contributed by atoms with van der Waals surface area (Å²) in [5, 5.41) is 0. The summed E-state index contributed by atoms with van der Waals surface area (Å²) in [6.45, 7) is 6.05. The minimum absolute atomic E-state index is 0.0845. The number of piperidine rings is 1. The van der Waals surface area contributed by atoms with Gasteiger partial charge in [0, 0.05) is 25.6 Å². The molecule has 2 aliphatic rings. The molecule has 3 heteroatoms. The van der Waals surface area contributed by atoms with Crippen molar-refractivity contribution in [2.45, 2.75) is 52.1 Å². The molecule has 1 amide bonds. The third kappa shape index (κ3) is 2.49. The van der Waals surface area contributed by atoms with Crippen molar-refractivity contribution in [2.24, 2.45) is 11.3 Å². The van der Waals surface area contributed by atoms with Gasteiger partial charge in [-0.1, -0.05) is 26.7 Å². The van der Waals surface area contributed by atoms with E-state index in [2.05, 4.69) is 13.8 Å². The number of hydrogen-bond donors (Lipinski definition) is 0. The van der Waals surface area contributed by atoms with Gasteiger partial charge in [-0.15, -0.1) is 0 Å². The van der Waals surface area contributed by atoms with Gasteiger partial charge in [0.25, 0.3) is 0 Å². The van der Waals surface area contributed by atoms with E-state index >= 15 is 0 Å². The maximum absolute atomic E-state index is 12.6. The SMILES string of the molecule is COC1CN(C(=O)C2(C)CCCC2)CCC1C. The van der Waals surface area contributed by atoms with Crippen LogP contribution in [0.15, 0.2) is 0 Å². The van der Waals surface area contributed by atoms with E-state index in [1.165, 1.54) is 12.8 Å². The molecule has 1 saturated carbocycles. The molecule has 0 aromatic carbocycles. The number of nitrogens with zero attached hydrogens (tertiary/aromatic N) is 1. The van der Waals surface area contributed by atoms with Crippen LogP contribution in [0, 0.1) is 11.3 Å². The molecule has 0 N–H and O–H groups in total. The molecule has 2 unspecified atom stereocenters. The number of rotatable bonds is 2. The average Bonchev–Trinajstić information content (AvgIpc) is 2.77. The minimum Gasteiger partial charge on any atom is -0.379 e. The van der Waals surface area contributed by atoms with Gasteiger partial charge in [0.05, 0.1) is 6.10 Å². The summed E-state index contributed by atoms with van der Waals surface area (Å²) in [5.41, 5.74) is -0.0845. The number of hydrogen-bond acceptors (Lipinski definition) is 2. The van der Waals surface area contributed by atoms with Gasteiger partial charge in [0.2, 0.25) is 5.91 Å². The maximum Gasteiger partial charge on any atom is 0.228 e. The van der Waals surface area contributed by atoms with Crippen LogP contribution in [0.1, 0.15) is 46.0 Å². The lowest BCUT2D eigenvalue weighted by atomic mass is 9.85. The lowest BCUT2D eigenvalue weighted by Crippen LogP contribution is -2.50. The van der Waals surface area contributed by atoms with Crippen LogP contribution in [-0.4, -0.2) is 37.1 Å².